The van der Waals surface area contributed by atoms with Gasteiger partial charge in [0.15, 0.2) is 0 Å². The smallest absolute Gasteiger partial charge is 0.410 e. The predicted molar refractivity (Wildman–Crippen MR) is 121 cm³/mol. The van der Waals surface area contributed by atoms with E-state index < -0.39 is 6.09 Å². The van der Waals surface area contributed by atoms with Gasteiger partial charge in [-0.25, -0.2) is 4.79 Å². The summed E-state index contributed by atoms with van der Waals surface area (Å²) in [5, 5.41) is 9.92. The number of carbonyl (C=O) groups excluding carboxylic acids is 2. The Balaban J connectivity index is 1.50. The lowest BCUT2D eigenvalue weighted by molar-refractivity contribution is -0.134. The van der Waals surface area contributed by atoms with Crippen molar-refractivity contribution in [2.75, 3.05) is 26.3 Å². The van der Waals surface area contributed by atoms with E-state index in [-0.39, 0.29) is 37.6 Å². The van der Waals surface area contributed by atoms with Gasteiger partial charge in [-0.05, 0) is 24.5 Å². The first-order valence-corrected chi connectivity index (χ1v) is 11.1. The summed E-state index contributed by atoms with van der Waals surface area (Å²) in [6.07, 6.45) is 0.301. The average molecular weight is 441 g/mol. The lowest BCUT2D eigenvalue weighted by atomic mass is 10.1. The van der Waals surface area contributed by atoms with Crippen LogP contribution in [-0.2, 0) is 27.5 Å². The largest absolute Gasteiger partial charge is 0.445 e. The maximum absolute atomic E-state index is 12.8. The quantitative estimate of drug-likeness (QED) is 0.606. The number of hydrogen-bond acceptors (Lipinski definition) is 5. The van der Waals surface area contributed by atoms with Gasteiger partial charge in [0.25, 0.3) is 0 Å². The molecule has 0 radical (unpaired) electrons. The normalized spacial score (nSPS) is 17.7. The topological polar surface area (TPSA) is 79.3 Å². The summed E-state index contributed by atoms with van der Waals surface area (Å²) in [6.45, 7) is 3.52. The minimum absolute atomic E-state index is 0.0719. The van der Waals surface area contributed by atoms with Crippen LogP contribution in [0.2, 0.25) is 0 Å². The molecule has 1 N–H and O–H groups in total. The second-order valence-electron chi connectivity index (χ2n) is 8.04. The summed E-state index contributed by atoms with van der Waals surface area (Å²) in [6, 6.07) is 18.8. The van der Waals surface area contributed by atoms with Crippen LogP contribution in [0.25, 0.3) is 0 Å². The van der Waals surface area contributed by atoms with Crippen LogP contribution in [0, 0.1) is 0 Å². The Morgan fingerprint density at radius 2 is 1.69 bits per heavy atom. The van der Waals surface area contributed by atoms with Crippen LogP contribution >= 0.6 is 0 Å². The van der Waals surface area contributed by atoms with E-state index in [1.807, 2.05) is 67.6 Å². The van der Waals surface area contributed by atoms with Crippen molar-refractivity contribution in [3.63, 3.8) is 0 Å². The first-order chi connectivity index (χ1) is 15.6. The Hall–Kier alpha value is -2.90. The maximum Gasteiger partial charge on any atom is 0.410 e. The molecule has 1 aliphatic heterocycles. The van der Waals surface area contributed by atoms with Gasteiger partial charge in [-0.1, -0.05) is 60.7 Å². The van der Waals surface area contributed by atoms with E-state index >= 15 is 0 Å². The molecule has 7 heteroatoms. The zero-order valence-electron chi connectivity index (χ0n) is 18.6. The third-order valence-electron chi connectivity index (χ3n) is 5.68. The number of nitrogens with zero attached hydrogens (tertiary/aromatic N) is 2. The second kappa shape index (κ2) is 12.2. The fourth-order valence-corrected chi connectivity index (χ4v) is 3.82. The molecule has 1 saturated heterocycles. The van der Waals surface area contributed by atoms with Gasteiger partial charge in [0.1, 0.15) is 6.61 Å². The van der Waals surface area contributed by atoms with Crippen LogP contribution in [0.4, 0.5) is 4.79 Å². The molecule has 0 bridgehead atoms. The van der Waals surface area contributed by atoms with E-state index in [1.54, 1.807) is 9.80 Å². The lowest BCUT2D eigenvalue weighted by Crippen LogP contribution is -2.48. The molecule has 2 aromatic carbocycles. The zero-order chi connectivity index (χ0) is 22.8. The summed E-state index contributed by atoms with van der Waals surface area (Å²) in [5.41, 5.74) is 1.99. The van der Waals surface area contributed by atoms with Crippen molar-refractivity contribution in [1.82, 2.24) is 9.80 Å². The molecule has 172 valence electrons. The number of rotatable bonds is 9. The minimum Gasteiger partial charge on any atom is -0.445 e. The highest BCUT2D eigenvalue weighted by molar-refractivity contribution is 5.78. The highest BCUT2D eigenvalue weighted by Crippen LogP contribution is 2.17. The number of ether oxygens (including phenoxy) is 2. The molecule has 0 unspecified atom stereocenters. The molecule has 0 saturated carbocycles. The molecule has 3 rings (SSSR count). The first-order valence-electron chi connectivity index (χ1n) is 11.1. The Morgan fingerprint density at radius 3 is 2.31 bits per heavy atom. The van der Waals surface area contributed by atoms with Gasteiger partial charge in [0, 0.05) is 32.2 Å². The third kappa shape index (κ3) is 6.80. The molecule has 1 aliphatic rings. The molecule has 2 aromatic rings. The average Bonchev–Trinajstić information content (AvgIpc) is 2.97. The molecule has 7 nitrogen and oxygen atoms in total. The monoisotopic (exact) mass is 440 g/mol. The molecule has 2 amide bonds. The summed E-state index contributed by atoms with van der Waals surface area (Å²) in [7, 11) is 0. The van der Waals surface area contributed by atoms with Crippen LogP contribution < -0.4 is 0 Å². The molecule has 1 heterocycles. The van der Waals surface area contributed by atoms with Crippen molar-refractivity contribution >= 4 is 12.0 Å². The van der Waals surface area contributed by atoms with E-state index in [0.29, 0.717) is 32.7 Å². The summed E-state index contributed by atoms with van der Waals surface area (Å²) in [4.78, 5) is 28.7. The van der Waals surface area contributed by atoms with Gasteiger partial charge < -0.3 is 24.4 Å². The van der Waals surface area contributed by atoms with E-state index in [9.17, 15) is 14.7 Å². The van der Waals surface area contributed by atoms with Crippen molar-refractivity contribution in [3.05, 3.63) is 71.8 Å². The van der Waals surface area contributed by atoms with Crippen LogP contribution in [0.3, 0.4) is 0 Å². The minimum atomic E-state index is -0.428. The van der Waals surface area contributed by atoms with Crippen molar-refractivity contribution in [2.45, 2.75) is 45.1 Å². The van der Waals surface area contributed by atoms with Crippen LogP contribution in [0.1, 0.15) is 30.9 Å². The Bertz CT molecular complexity index is 846. The van der Waals surface area contributed by atoms with Crippen LogP contribution in [-0.4, -0.2) is 65.3 Å². The molecule has 0 aliphatic carbocycles. The van der Waals surface area contributed by atoms with Crippen molar-refractivity contribution in [2.24, 2.45) is 0 Å². The third-order valence-corrected chi connectivity index (χ3v) is 5.68. The molecule has 1 fully saturated rings. The van der Waals surface area contributed by atoms with E-state index in [4.69, 9.17) is 9.47 Å². The molecule has 0 spiro atoms. The number of amides is 2. The van der Waals surface area contributed by atoms with Crippen LogP contribution in [0.5, 0.6) is 0 Å². The standard InChI is InChI=1S/C25H32N2O5/c1-20-16-27(23(17-28)13-15-31-18-21-8-4-2-5-9-21)24(29)12-14-26(20)25(30)32-19-22-10-6-3-7-11-22/h2-11,20,23,28H,12-19H2,1H3/t20-,23+/m0/s1. The highest BCUT2D eigenvalue weighted by Gasteiger charge is 2.33. The molecule has 0 aromatic heterocycles. The lowest BCUT2D eigenvalue weighted by Gasteiger charge is -2.32. The Kier molecular flexibility index (Phi) is 9.07. The van der Waals surface area contributed by atoms with Gasteiger partial charge in [-0.3, -0.25) is 4.79 Å². The highest BCUT2D eigenvalue weighted by atomic mass is 16.6. The summed E-state index contributed by atoms with van der Waals surface area (Å²) >= 11 is 0. The molecule has 32 heavy (non-hydrogen) atoms. The second-order valence-corrected chi connectivity index (χ2v) is 8.04. The fourth-order valence-electron chi connectivity index (χ4n) is 3.82. The molecular formula is C25H32N2O5. The van der Waals surface area contributed by atoms with Gasteiger partial charge >= 0.3 is 6.09 Å². The van der Waals surface area contributed by atoms with Crippen LogP contribution in [0.15, 0.2) is 60.7 Å². The van der Waals surface area contributed by atoms with Gasteiger partial charge in [-0.15, -0.1) is 0 Å². The number of aliphatic hydroxyl groups is 1. The zero-order valence-corrected chi connectivity index (χ0v) is 18.6. The Morgan fingerprint density at radius 1 is 1.06 bits per heavy atom. The summed E-state index contributed by atoms with van der Waals surface area (Å²) < 4.78 is 11.2. The Labute approximate surface area is 189 Å². The number of carbonyl (C=O) groups is 2. The first kappa shape index (κ1) is 23.8. The fraction of sp³-hybridized carbons (Fsp3) is 0.440. The molecular weight excluding hydrogens is 408 g/mol. The molecule has 2 atom stereocenters. The summed E-state index contributed by atoms with van der Waals surface area (Å²) in [5.74, 6) is -0.0719. The number of benzene rings is 2. The van der Waals surface area contributed by atoms with Crippen molar-refractivity contribution < 1.29 is 24.2 Å². The number of hydrogen-bond donors (Lipinski definition) is 1. The SMILES string of the molecule is C[C@H]1CN([C@@H](CO)CCOCc2ccccc2)C(=O)CCN1C(=O)OCc1ccccc1. The van der Waals surface area contributed by atoms with E-state index in [2.05, 4.69) is 0 Å². The number of aliphatic hydroxyl groups excluding tert-OH is 1. The van der Waals surface area contributed by atoms with E-state index in [0.717, 1.165) is 11.1 Å². The van der Waals surface area contributed by atoms with Crippen molar-refractivity contribution in [1.29, 1.82) is 0 Å². The van der Waals surface area contributed by atoms with E-state index in [1.165, 1.54) is 0 Å². The van der Waals surface area contributed by atoms with Crippen molar-refractivity contribution in [3.8, 4) is 0 Å². The predicted octanol–water partition coefficient (Wildman–Crippen LogP) is 3.21. The van der Waals surface area contributed by atoms with Gasteiger partial charge in [-0.2, -0.15) is 0 Å². The van der Waals surface area contributed by atoms with Gasteiger partial charge in [0.05, 0.1) is 19.3 Å². The van der Waals surface area contributed by atoms with Gasteiger partial charge in [0.2, 0.25) is 5.91 Å². The maximum atomic E-state index is 12.8.